The van der Waals surface area contributed by atoms with Crippen molar-refractivity contribution in [1.29, 1.82) is 0 Å². The zero-order valence-corrected chi connectivity index (χ0v) is 14.4. The quantitative estimate of drug-likeness (QED) is 0.765. The van der Waals surface area contributed by atoms with Crippen molar-refractivity contribution in [2.75, 3.05) is 13.2 Å². The first-order valence-electron chi connectivity index (χ1n) is 6.49. The second kappa shape index (κ2) is 6.58. The van der Waals surface area contributed by atoms with Crippen LogP contribution in [-0.4, -0.2) is 29.9 Å². The van der Waals surface area contributed by atoms with Gasteiger partial charge in [-0.2, -0.15) is 0 Å². The van der Waals surface area contributed by atoms with E-state index in [-0.39, 0.29) is 22.4 Å². The standard InChI is InChI=1S/C14H11Cl2NO3S2/c15-11-5-9(13(16)22-11)14(19)20-7-12(18)17-3-1-10-8(6-17)2-4-21-10/h2,4-5H,1,3,6-7H2. The highest BCUT2D eigenvalue weighted by Gasteiger charge is 2.23. The van der Waals surface area contributed by atoms with Crippen LogP contribution in [0.1, 0.15) is 20.8 Å². The first-order valence-corrected chi connectivity index (χ1v) is 8.95. The largest absolute Gasteiger partial charge is 0.452 e. The lowest BCUT2D eigenvalue weighted by atomic mass is 10.1. The van der Waals surface area contributed by atoms with Crippen LogP contribution in [0.4, 0.5) is 0 Å². The Balaban J connectivity index is 1.57. The Labute approximate surface area is 145 Å². The SMILES string of the molecule is O=C(OCC(=O)N1CCc2sccc2C1)c1cc(Cl)sc1Cl. The molecule has 0 unspecified atom stereocenters. The minimum Gasteiger partial charge on any atom is -0.452 e. The number of fused-ring (bicyclic) bond motifs is 1. The van der Waals surface area contributed by atoms with Crippen LogP contribution in [0.3, 0.4) is 0 Å². The highest BCUT2D eigenvalue weighted by Crippen LogP contribution is 2.31. The number of hydrogen-bond acceptors (Lipinski definition) is 5. The summed E-state index contributed by atoms with van der Waals surface area (Å²) in [6, 6.07) is 3.47. The maximum Gasteiger partial charge on any atom is 0.341 e. The first-order chi connectivity index (χ1) is 10.5. The molecule has 1 aliphatic heterocycles. The van der Waals surface area contributed by atoms with Gasteiger partial charge in [-0.3, -0.25) is 4.79 Å². The number of esters is 1. The summed E-state index contributed by atoms with van der Waals surface area (Å²) in [4.78, 5) is 27.1. The van der Waals surface area contributed by atoms with Crippen LogP contribution in [0.15, 0.2) is 17.5 Å². The lowest BCUT2D eigenvalue weighted by Crippen LogP contribution is -2.38. The number of ether oxygens (including phenoxy) is 1. The van der Waals surface area contributed by atoms with Gasteiger partial charge in [0.2, 0.25) is 0 Å². The van der Waals surface area contributed by atoms with E-state index in [2.05, 4.69) is 0 Å². The molecule has 0 aliphatic carbocycles. The summed E-state index contributed by atoms with van der Waals surface area (Å²) in [7, 11) is 0. The maximum absolute atomic E-state index is 12.2. The molecule has 0 radical (unpaired) electrons. The predicted octanol–water partition coefficient (Wildman–Crippen LogP) is 3.86. The summed E-state index contributed by atoms with van der Waals surface area (Å²) in [5.41, 5.74) is 1.37. The molecule has 0 atom stereocenters. The van der Waals surface area contributed by atoms with Gasteiger partial charge in [-0.05, 0) is 29.5 Å². The smallest absolute Gasteiger partial charge is 0.341 e. The first kappa shape index (κ1) is 15.8. The van der Waals surface area contributed by atoms with Gasteiger partial charge in [-0.25, -0.2) is 4.79 Å². The molecule has 3 rings (SSSR count). The van der Waals surface area contributed by atoms with Crippen LogP contribution in [0.2, 0.25) is 8.67 Å². The summed E-state index contributed by atoms with van der Waals surface area (Å²) < 4.78 is 5.72. The van der Waals surface area contributed by atoms with Gasteiger partial charge in [0, 0.05) is 18.0 Å². The Morgan fingerprint density at radius 3 is 2.91 bits per heavy atom. The van der Waals surface area contributed by atoms with Crippen molar-refractivity contribution in [2.24, 2.45) is 0 Å². The zero-order valence-electron chi connectivity index (χ0n) is 11.3. The highest BCUT2D eigenvalue weighted by atomic mass is 35.5. The molecule has 0 bridgehead atoms. The third-order valence-electron chi connectivity index (χ3n) is 3.36. The molecule has 0 fully saturated rings. The second-order valence-corrected chi connectivity index (χ2v) is 8.03. The van der Waals surface area contributed by atoms with Crippen molar-refractivity contribution in [3.05, 3.63) is 42.2 Å². The van der Waals surface area contributed by atoms with Crippen LogP contribution in [0.5, 0.6) is 0 Å². The number of nitrogens with zero attached hydrogens (tertiary/aromatic N) is 1. The van der Waals surface area contributed by atoms with E-state index in [9.17, 15) is 9.59 Å². The van der Waals surface area contributed by atoms with Gasteiger partial charge in [0.15, 0.2) is 6.61 Å². The third-order valence-corrected chi connectivity index (χ3v) is 5.87. The number of carbonyl (C=O) groups excluding carboxylic acids is 2. The zero-order chi connectivity index (χ0) is 15.7. The Morgan fingerprint density at radius 1 is 1.36 bits per heavy atom. The number of rotatable bonds is 3. The minimum absolute atomic E-state index is 0.197. The van der Waals surface area contributed by atoms with Gasteiger partial charge in [-0.1, -0.05) is 23.2 Å². The highest BCUT2D eigenvalue weighted by molar-refractivity contribution is 7.20. The molecule has 1 amide bonds. The van der Waals surface area contributed by atoms with Gasteiger partial charge in [0.25, 0.3) is 5.91 Å². The van der Waals surface area contributed by atoms with E-state index in [1.54, 1.807) is 16.2 Å². The Bertz CT molecular complexity index is 725. The molecular formula is C14H11Cl2NO3S2. The van der Waals surface area contributed by atoms with E-state index in [0.29, 0.717) is 17.4 Å². The molecule has 0 N–H and O–H groups in total. The molecule has 4 nitrogen and oxygen atoms in total. The van der Waals surface area contributed by atoms with E-state index < -0.39 is 5.97 Å². The van der Waals surface area contributed by atoms with Crippen LogP contribution in [-0.2, 0) is 22.5 Å². The lowest BCUT2D eigenvalue weighted by Gasteiger charge is -2.26. The van der Waals surface area contributed by atoms with E-state index in [1.165, 1.54) is 16.5 Å². The minimum atomic E-state index is -0.630. The summed E-state index contributed by atoms with van der Waals surface area (Å²) in [6.07, 6.45) is 0.846. The van der Waals surface area contributed by atoms with Crippen LogP contribution < -0.4 is 0 Å². The summed E-state index contributed by atoms with van der Waals surface area (Å²) in [5, 5.41) is 2.03. The molecule has 2 aromatic heterocycles. The van der Waals surface area contributed by atoms with Crippen LogP contribution in [0, 0.1) is 0 Å². The van der Waals surface area contributed by atoms with E-state index in [1.807, 2.05) is 11.4 Å². The molecule has 2 aromatic rings. The number of carbonyl (C=O) groups is 2. The summed E-state index contributed by atoms with van der Waals surface area (Å²) >= 11 is 14.5. The van der Waals surface area contributed by atoms with Crippen molar-refractivity contribution in [3.8, 4) is 0 Å². The fourth-order valence-corrected chi connectivity index (χ4v) is 4.57. The summed E-state index contributed by atoms with van der Waals surface area (Å²) in [5.74, 6) is -0.836. The molecule has 3 heterocycles. The van der Waals surface area contributed by atoms with Gasteiger partial charge >= 0.3 is 5.97 Å². The second-order valence-electron chi connectivity index (χ2n) is 4.75. The van der Waals surface area contributed by atoms with Crippen molar-refractivity contribution in [1.82, 2.24) is 4.90 Å². The number of amides is 1. The van der Waals surface area contributed by atoms with Crippen molar-refractivity contribution < 1.29 is 14.3 Å². The molecule has 1 aliphatic rings. The fraction of sp³-hybridized carbons (Fsp3) is 0.286. The van der Waals surface area contributed by atoms with Gasteiger partial charge in [0.1, 0.15) is 4.34 Å². The van der Waals surface area contributed by atoms with Crippen LogP contribution >= 0.6 is 45.9 Å². The number of thiophene rings is 2. The van der Waals surface area contributed by atoms with E-state index >= 15 is 0 Å². The van der Waals surface area contributed by atoms with Crippen molar-refractivity contribution in [2.45, 2.75) is 13.0 Å². The Morgan fingerprint density at radius 2 is 2.18 bits per heavy atom. The van der Waals surface area contributed by atoms with E-state index in [4.69, 9.17) is 27.9 Å². The normalized spacial score (nSPS) is 13.8. The van der Waals surface area contributed by atoms with Gasteiger partial charge in [0.05, 0.1) is 9.90 Å². The van der Waals surface area contributed by atoms with Crippen molar-refractivity contribution >= 4 is 57.8 Å². The molecule has 0 aromatic carbocycles. The molecule has 0 saturated carbocycles. The lowest BCUT2D eigenvalue weighted by molar-refractivity contribution is -0.135. The average molecular weight is 376 g/mol. The topological polar surface area (TPSA) is 46.6 Å². The number of hydrogen-bond donors (Lipinski definition) is 0. The van der Waals surface area contributed by atoms with Gasteiger partial charge in [-0.15, -0.1) is 22.7 Å². The molecule has 22 heavy (non-hydrogen) atoms. The molecule has 0 spiro atoms. The molecule has 116 valence electrons. The summed E-state index contributed by atoms with van der Waals surface area (Å²) in [6.45, 7) is 0.928. The van der Waals surface area contributed by atoms with Crippen molar-refractivity contribution in [3.63, 3.8) is 0 Å². The molecule has 8 heteroatoms. The predicted molar refractivity (Wildman–Crippen MR) is 88.1 cm³/mol. The molecule has 0 saturated heterocycles. The Kier molecular flexibility index (Phi) is 4.73. The Hall–Kier alpha value is -1.08. The van der Waals surface area contributed by atoms with Gasteiger partial charge < -0.3 is 9.64 Å². The average Bonchev–Trinajstić information content (AvgIpc) is 3.09. The fourth-order valence-electron chi connectivity index (χ4n) is 2.24. The third kappa shape index (κ3) is 3.30. The number of halogens is 2. The maximum atomic E-state index is 12.2. The van der Waals surface area contributed by atoms with E-state index in [0.717, 1.165) is 17.8 Å². The monoisotopic (exact) mass is 375 g/mol. The van der Waals surface area contributed by atoms with Crippen LogP contribution in [0.25, 0.3) is 0 Å². The molecular weight excluding hydrogens is 365 g/mol.